The average molecular weight is 440 g/mol. The number of amides is 1. The molecule has 2 unspecified atom stereocenters. The van der Waals surface area contributed by atoms with Gasteiger partial charge in [0.25, 0.3) is 0 Å². The monoisotopic (exact) mass is 439 g/mol. The van der Waals surface area contributed by atoms with Crippen LogP contribution in [0.3, 0.4) is 0 Å². The number of carbonyl (C=O) groups excluding carboxylic acids is 1. The number of likely N-dealkylation sites (tertiary alicyclic amines) is 1. The van der Waals surface area contributed by atoms with Crippen LogP contribution in [0.1, 0.15) is 32.9 Å². The Balaban J connectivity index is 2.20. The Morgan fingerprint density at radius 1 is 1.54 bits per heavy atom. The number of hydrogen-bond acceptors (Lipinski definition) is 6. The summed E-state index contributed by atoms with van der Waals surface area (Å²) < 4.78 is 32.1. The van der Waals surface area contributed by atoms with Crippen molar-refractivity contribution in [3.05, 3.63) is 15.0 Å². The molecule has 24 heavy (non-hydrogen) atoms. The number of aromatic nitrogens is 1. The van der Waals surface area contributed by atoms with Crippen molar-refractivity contribution < 1.29 is 17.9 Å². The van der Waals surface area contributed by atoms with Crippen molar-refractivity contribution in [3.63, 3.8) is 0 Å². The molecule has 0 saturated carbocycles. The number of thiazole rings is 1. The van der Waals surface area contributed by atoms with Crippen LogP contribution in [0.2, 0.25) is 0 Å². The highest BCUT2D eigenvalue weighted by Crippen LogP contribution is 2.26. The minimum absolute atomic E-state index is 0.330. The highest BCUT2D eigenvalue weighted by molar-refractivity contribution is 9.11. The van der Waals surface area contributed by atoms with Crippen molar-refractivity contribution in [2.24, 2.45) is 0 Å². The second kappa shape index (κ2) is 7.27. The quantitative estimate of drug-likeness (QED) is 0.777. The molecule has 10 heteroatoms. The van der Waals surface area contributed by atoms with Gasteiger partial charge in [-0.1, -0.05) is 0 Å². The van der Waals surface area contributed by atoms with Gasteiger partial charge in [0.05, 0.1) is 18.0 Å². The molecule has 2 heterocycles. The molecule has 1 saturated heterocycles. The average Bonchev–Trinajstić information content (AvgIpc) is 2.94. The lowest BCUT2D eigenvalue weighted by Crippen LogP contribution is -2.48. The number of halogens is 1. The van der Waals surface area contributed by atoms with Crippen LogP contribution in [0.5, 0.6) is 0 Å². The molecule has 1 aromatic heterocycles. The second-order valence-corrected chi connectivity index (χ2v) is 10.7. The van der Waals surface area contributed by atoms with Crippen molar-refractivity contribution in [1.29, 1.82) is 0 Å². The molecule has 0 spiro atoms. The zero-order valence-corrected chi connectivity index (χ0v) is 17.3. The van der Waals surface area contributed by atoms with Crippen LogP contribution in [0, 0.1) is 0 Å². The van der Waals surface area contributed by atoms with E-state index in [-0.39, 0.29) is 12.1 Å². The molecule has 136 valence electrons. The summed E-state index contributed by atoms with van der Waals surface area (Å²) in [5, 5.41) is 1.90. The van der Waals surface area contributed by atoms with E-state index in [2.05, 4.69) is 25.6 Å². The minimum atomic E-state index is -3.37. The van der Waals surface area contributed by atoms with Crippen LogP contribution in [0.4, 0.5) is 4.79 Å². The number of carbonyl (C=O) groups is 1. The molecule has 1 amide bonds. The first-order chi connectivity index (χ1) is 10.9. The van der Waals surface area contributed by atoms with Gasteiger partial charge in [-0.3, -0.25) is 0 Å². The van der Waals surface area contributed by atoms with E-state index in [9.17, 15) is 13.2 Å². The van der Waals surface area contributed by atoms with Gasteiger partial charge in [-0.05, 0) is 43.1 Å². The van der Waals surface area contributed by atoms with Crippen LogP contribution in [-0.2, 0) is 21.2 Å². The van der Waals surface area contributed by atoms with Crippen molar-refractivity contribution in [1.82, 2.24) is 14.6 Å². The Hall–Kier alpha value is -0.710. The van der Waals surface area contributed by atoms with Gasteiger partial charge in [0.2, 0.25) is 10.0 Å². The summed E-state index contributed by atoms with van der Waals surface area (Å²) in [7, 11) is -3.37. The van der Waals surface area contributed by atoms with Gasteiger partial charge in [0.1, 0.15) is 5.60 Å². The predicted molar refractivity (Wildman–Crippen MR) is 96.6 cm³/mol. The van der Waals surface area contributed by atoms with Gasteiger partial charge in [-0.25, -0.2) is 22.9 Å². The molecule has 0 bridgehead atoms. The smallest absolute Gasteiger partial charge is 0.410 e. The molecule has 0 aliphatic carbocycles. The van der Waals surface area contributed by atoms with E-state index in [1.54, 1.807) is 25.7 Å². The third kappa shape index (κ3) is 5.68. The lowest BCUT2D eigenvalue weighted by Gasteiger charge is -2.30. The summed E-state index contributed by atoms with van der Waals surface area (Å²) in [5.74, 6) is 0. The first-order valence-corrected chi connectivity index (χ1v) is 11.1. The third-order valence-corrected chi connectivity index (χ3v) is 5.63. The van der Waals surface area contributed by atoms with Crippen LogP contribution < -0.4 is 4.72 Å². The lowest BCUT2D eigenvalue weighted by atomic mass is 10.1. The first-order valence-electron chi connectivity index (χ1n) is 7.51. The molecule has 1 fully saturated rings. The highest BCUT2D eigenvalue weighted by atomic mass is 79.9. The van der Waals surface area contributed by atoms with Gasteiger partial charge in [0, 0.05) is 24.4 Å². The summed E-state index contributed by atoms with van der Waals surface area (Å²) >= 11 is 4.77. The van der Waals surface area contributed by atoms with E-state index < -0.39 is 21.7 Å². The maximum absolute atomic E-state index is 12.5. The second-order valence-electron chi connectivity index (χ2n) is 6.82. The molecule has 7 nitrogen and oxygen atoms in total. The molecule has 2 rings (SSSR count). The van der Waals surface area contributed by atoms with E-state index in [0.717, 1.165) is 15.9 Å². The number of nitrogens with one attached hydrogen (secondary N) is 1. The highest BCUT2D eigenvalue weighted by Gasteiger charge is 2.40. The Morgan fingerprint density at radius 3 is 2.71 bits per heavy atom. The Bertz CT molecular complexity index is 699. The molecule has 0 radical (unpaired) electrons. The molecular weight excluding hydrogens is 418 g/mol. The number of nitrogens with zero attached hydrogens (tertiary/aromatic N) is 2. The Kier molecular flexibility index (Phi) is 5.94. The maximum atomic E-state index is 12.5. The standard InChI is InChI=1S/C14H22BrN3O4S2/c1-14(2,3)22-13(19)18-6-5-10(17-24(4,20)21)11(18)7-9-8-23-12(15)16-9/h8,10-11,17H,5-7H2,1-4H3. The minimum Gasteiger partial charge on any atom is -0.444 e. The number of ether oxygens (including phenoxy) is 1. The lowest BCUT2D eigenvalue weighted by molar-refractivity contribution is 0.0218. The van der Waals surface area contributed by atoms with Gasteiger partial charge in [0.15, 0.2) is 3.92 Å². The van der Waals surface area contributed by atoms with Gasteiger partial charge >= 0.3 is 6.09 Å². The first kappa shape index (κ1) is 19.6. The zero-order valence-electron chi connectivity index (χ0n) is 14.1. The van der Waals surface area contributed by atoms with Gasteiger partial charge in [-0.15, -0.1) is 11.3 Å². The fraction of sp³-hybridized carbons (Fsp3) is 0.714. The molecule has 1 aliphatic rings. The van der Waals surface area contributed by atoms with Crippen molar-refractivity contribution >= 4 is 43.4 Å². The largest absolute Gasteiger partial charge is 0.444 e. The van der Waals surface area contributed by atoms with Crippen LogP contribution >= 0.6 is 27.3 Å². The van der Waals surface area contributed by atoms with E-state index in [4.69, 9.17) is 4.74 Å². The van der Waals surface area contributed by atoms with E-state index in [0.29, 0.717) is 19.4 Å². The van der Waals surface area contributed by atoms with E-state index in [1.807, 2.05) is 5.38 Å². The maximum Gasteiger partial charge on any atom is 0.410 e. The van der Waals surface area contributed by atoms with Gasteiger partial charge < -0.3 is 9.64 Å². The number of rotatable bonds is 4. The summed E-state index contributed by atoms with van der Waals surface area (Å²) in [6.07, 6.45) is 1.70. The van der Waals surface area contributed by atoms with Crippen molar-refractivity contribution in [2.75, 3.05) is 12.8 Å². The van der Waals surface area contributed by atoms with E-state index >= 15 is 0 Å². The Labute approximate surface area is 155 Å². The molecule has 1 aromatic rings. The van der Waals surface area contributed by atoms with Crippen LogP contribution in [0.15, 0.2) is 9.30 Å². The molecule has 1 aliphatic heterocycles. The van der Waals surface area contributed by atoms with Gasteiger partial charge in [-0.2, -0.15) is 0 Å². The molecular formula is C14H22BrN3O4S2. The van der Waals surface area contributed by atoms with Crippen LogP contribution in [-0.4, -0.2) is 54.9 Å². The van der Waals surface area contributed by atoms with Crippen molar-refractivity contribution in [3.8, 4) is 0 Å². The van der Waals surface area contributed by atoms with Crippen LogP contribution in [0.25, 0.3) is 0 Å². The summed E-state index contributed by atoms with van der Waals surface area (Å²) in [6, 6.07) is -0.684. The summed E-state index contributed by atoms with van der Waals surface area (Å²) in [5.41, 5.74) is 0.209. The number of hydrogen-bond donors (Lipinski definition) is 1. The molecule has 1 N–H and O–H groups in total. The normalized spacial score (nSPS) is 22.0. The topological polar surface area (TPSA) is 88.6 Å². The molecule has 0 aromatic carbocycles. The SMILES string of the molecule is CC(C)(C)OC(=O)N1CCC(NS(C)(=O)=O)C1Cc1csc(Br)n1. The fourth-order valence-electron chi connectivity index (χ4n) is 2.66. The fourth-order valence-corrected chi connectivity index (χ4v) is 4.54. The summed E-state index contributed by atoms with van der Waals surface area (Å²) in [6.45, 7) is 5.86. The predicted octanol–water partition coefficient (Wildman–Crippen LogP) is 2.38. The number of sulfonamides is 1. The van der Waals surface area contributed by atoms with E-state index in [1.165, 1.54) is 11.3 Å². The Morgan fingerprint density at radius 2 is 2.21 bits per heavy atom. The molecule has 2 atom stereocenters. The zero-order chi connectivity index (χ0) is 18.1. The summed E-state index contributed by atoms with van der Waals surface area (Å²) in [4.78, 5) is 18.4. The third-order valence-electron chi connectivity index (χ3n) is 3.48. The van der Waals surface area contributed by atoms with Crippen molar-refractivity contribution in [2.45, 2.75) is 51.3 Å².